The Labute approximate surface area is 134 Å². The van der Waals surface area contributed by atoms with Crippen LogP contribution in [0.25, 0.3) is 0 Å². The summed E-state index contributed by atoms with van der Waals surface area (Å²) in [6.45, 7) is 4.35. The van der Waals surface area contributed by atoms with Crippen LogP contribution in [0.1, 0.15) is 26.7 Å². The topological polar surface area (TPSA) is 57.6 Å². The van der Waals surface area contributed by atoms with Gasteiger partial charge in [0.15, 0.2) is 0 Å². The Morgan fingerprint density at radius 3 is 2.43 bits per heavy atom. The minimum absolute atomic E-state index is 0.0235. The van der Waals surface area contributed by atoms with Crippen LogP contribution in [-0.2, 0) is 9.59 Å². The predicted octanol–water partition coefficient (Wildman–Crippen LogP) is 3.53. The van der Waals surface area contributed by atoms with Crippen molar-refractivity contribution in [3.63, 3.8) is 0 Å². The zero-order chi connectivity index (χ0) is 15.8. The summed E-state index contributed by atoms with van der Waals surface area (Å²) in [6.07, 6.45) is 0.561. The summed E-state index contributed by atoms with van der Waals surface area (Å²) in [7, 11) is 0. The van der Waals surface area contributed by atoms with Gasteiger partial charge in [0.1, 0.15) is 0 Å². The molecule has 116 valence electrons. The molecule has 1 rings (SSSR count). The van der Waals surface area contributed by atoms with Crippen LogP contribution in [0.2, 0.25) is 5.02 Å². The van der Waals surface area contributed by atoms with Gasteiger partial charge in [0.25, 0.3) is 0 Å². The molecule has 6 heteroatoms. The Morgan fingerprint density at radius 1 is 1.29 bits per heavy atom. The maximum atomic E-state index is 12.2. The van der Waals surface area contributed by atoms with E-state index in [1.165, 1.54) is 11.8 Å². The van der Waals surface area contributed by atoms with Crippen LogP contribution >= 0.6 is 23.4 Å². The minimum atomic E-state index is -0.832. The van der Waals surface area contributed by atoms with Gasteiger partial charge in [-0.25, -0.2) is 0 Å². The summed E-state index contributed by atoms with van der Waals surface area (Å²) in [4.78, 5) is 25.5. The third-order valence-corrected chi connectivity index (χ3v) is 4.16. The monoisotopic (exact) mass is 329 g/mol. The largest absolute Gasteiger partial charge is 0.481 e. The highest BCUT2D eigenvalue weighted by Gasteiger charge is 2.17. The van der Waals surface area contributed by atoms with Gasteiger partial charge in [-0.05, 0) is 44.5 Å². The molecule has 0 aliphatic rings. The molecule has 0 unspecified atom stereocenters. The molecular weight excluding hydrogens is 310 g/mol. The van der Waals surface area contributed by atoms with Crippen LogP contribution in [0.3, 0.4) is 0 Å². The van der Waals surface area contributed by atoms with Crippen LogP contribution in [0, 0.1) is 0 Å². The fraction of sp³-hybridized carbons (Fsp3) is 0.467. The van der Waals surface area contributed by atoms with Crippen LogP contribution in [-0.4, -0.2) is 40.2 Å². The fourth-order valence-corrected chi connectivity index (χ4v) is 2.74. The third kappa shape index (κ3) is 6.87. The van der Waals surface area contributed by atoms with Gasteiger partial charge in [-0.2, -0.15) is 0 Å². The molecule has 0 atom stereocenters. The van der Waals surface area contributed by atoms with Gasteiger partial charge in [-0.15, -0.1) is 11.8 Å². The zero-order valence-electron chi connectivity index (χ0n) is 12.2. The van der Waals surface area contributed by atoms with Crippen molar-refractivity contribution in [3.05, 3.63) is 29.3 Å². The summed E-state index contributed by atoms with van der Waals surface area (Å²) < 4.78 is 0. The van der Waals surface area contributed by atoms with E-state index in [0.717, 1.165) is 4.90 Å². The molecule has 0 spiro atoms. The maximum Gasteiger partial charge on any atom is 0.303 e. The Hall–Kier alpha value is -1.20. The lowest BCUT2D eigenvalue weighted by atomic mass is 10.2. The number of nitrogens with zero attached hydrogens (tertiary/aromatic N) is 1. The lowest BCUT2D eigenvalue weighted by molar-refractivity contribution is -0.138. The average molecular weight is 330 g/mol. The highest BCUT2D eigenvalue weighted by Crippen LogP contribution is 2.21. The summed E-state index contributed by atoms with van der Waals surface area (Å²) in [5.74, 6) is -0.468. The summed E-state index contributed by atoms with van der Waals surface area (Å²) in [5, 5.41) is 9.33. The molecular formula is C15H20ClNO3S. The number of hydrogen-bond acceptors (Lipinski definition) is 3. The molecule has 0 saturated carbocycles. The Kier molecular flexibility index (Phi) is 7.61. The first kappa shape index (κ1) is 17.9. The molecule has 0 aliphatic heterocycles. The second-order valence-corrected chi connectivity index (χ2v) is 6.41. The molecule has 0 fully saturated rings. The molecule has 0 radical (unpaired) electrons. The molecule has 0 bridgehead atoms. The minimum Gasteiger partial charge on any atom is -0.481 e. The molecule has 21 heavy (non-hydrogen) atoms. The Balaban J connectivity index is 2.48. The molecule has 1 N–H and O–H groups in total. The van der Waals surface area contributed by atoms with Gasteiger partial charge in [0.2, 0.25) is 5.91 Å². The number of halogens is 1. The number of aliphatic carboxylic acids is 1. The first-order chi connectivity index (χ1) is 9.90. The quantitative estimate of drug-likeness (QED) is 0.741. The standard InChI is InChI=1S/C15H20ClNO3S/c1-11(2)17(9-3-4-15(19)20)14(18)10-21-13-7-5-12(16)6-8-13/h5-8,11H,3-4,9-10H2,1-2H3,(H,19,20). The second-order valence-electron chi connectivity index (χ2n) is 4.92. The average Bonchev–Trinajstić information content (AvgIpc) is 2.42. The van der Waals surface area contributed by atoms with Crippen molar-refractivity contribution in [2.45, 2.75) is 37.6 Å². The summed E-state index contributed by atoms with van der Waals surface area (Å²) in [6, 6.07) is 7.41. The highest BCUT2D eigenvalue weighted by molar-refractivity contribution is 8.00. The van der Waals surface area contributed by atoms with Crippen molar-refractivity contribution in [1.29, 1.82) is 0 Å². The van der Waals surface area contributed by atoms with E-state index in [1.807, 2.05) is 26.0 Å². The van der Waals surface area contributed by atoms with Gasteiger partial charge in [0, 0.05) is 28.9 Å². The van der Waals surface area contributed by atoms with E-state index in [0.29, 0.717) is 23.7 Å². The smallest absolute Gasteiger partial charge is 0.303 e. The van der Waals surface area contributed by atoms with Gasteiger partial charge in [0.05, 0.1) is 5.75 Å². The first-order valence-electron chi connectivity index (χ1n) is 6.79. The molecule has 1 amide bonds. The van der Waals surface area contributed by atoms with E-state index in [4.69, 9.17) is 16.7 Å². The van der Waals surface area contributed by atoms with E-state index < -0.39 is 5.97 Å². The summed E-state index contributed by atoms with van der Waals surface area (Å²) in [5.41, 5.74) is 0. The number of carbonyl (C=O) groups excluding carboxylic acids is 1. The molecule has 0 aromatic heterocycles. The van der Waals surface area contributed by atoms with Crippen LogP contribution < -0.4 is 0 Å². The van der Waals surface area contributed by atoms with Crippen molar-refractivity contribution in [2.75, 3.05) is 12.3 Å². The zero-order valence-corrected chi connectivity index (χ0v) is 13.8. The molecule has 1 aromatic carbocycles. The molecule has 0 saturated heterocycles. The SMILES string of the molecule is CC(C)N(CCCC(=O)O)C(=O)CSc1ccc(Cl)cc1. The van der Waals surface area contributed by atoms with Gasteiger partial charge in [-0.3, -0.25) is 9.59 Å². The molecule has 0 heterocycles. The van der Waals surface area contributed by atoms with E-state index in [1.54, 1.807) is 17.0 Å². The van der Waals surface area contributed by atoms with Crippen molar-refractivity contribution in [2.24, 2.45) is 0 Å². The molecule has 0 aliphatic carbocycles. The number of carboxylic acids is 1. The number of hydrogen-bond donors (Lipinski definition) is 1. The number of carboxylic acid groups (broad SMARTS) is 1. The third-order valence-electron chi connectivity index (χ3n) is 2.91. The van der Waals surface area contributed by atoms with Gasteiger partial charge >= 0.3 is 5.97 Å². The van der Waals surface area contributed by atoms with Crippen LogP contribution in [0.4, 0.5) is 0 Å². The Bertz CT molecular complexity index is 476. The van der Waals surface area contributed by atoms with Crippen molar-refractivity contribution >= 4 is 35.2 Å². The second kappa shape index (κ2) is 8.95. The fourth-order valence-electron chi connectivity index (χ4n) is 1.83. The molecule has 1 aromatic rings. The van der Waals surface area contributed by atoms with Crippen molar-refractivity contribution < 1.29 is 14.7 Å². The van der Waals surface area contributed by atoms with E-state index in [9.17, 15) is 9.59 Å². The predicted molar refractivity (Wildman–Crippen MR) is 85.9 cm³/mol. The van der Waals surface area contributed by atoms with Crippen LogP contribution in [0.5, 0.6) is 0 Å². The van der Waals surface area contributed by atoms with Crippen LogP contribution in [0.15, 0.2) is 29.2 Å². The first-order valence-corrected chi connectivity index (χ1v) is 8.16. The lowest BCUT2D eigenvalue weighted by Gasteiger charge is -2.26. The Morgan fingerprint density at radius 2 is 1.90 bits per heavy atom. The van der Waals surface area contributed by atoms with E-state index >= 15 is 0 Å². The van der Waals surface area contributed by atoms with E-state index in [-0.39, 0.29) is 18.4 Å². The van der Waals surface area contributed by atoms with E-state index in [2.05, 4.69) is 0 Å². The summed E-state index contributed by atoms with van der Waals surface area (Å²) >= 11 is 7.27. The van der Waals surface area contributed by atoms with Crippen molar-refractivity contribution in [3.8, 4) is 0 Å². The lowest BCUT2D eigenvalue weighted by Crippen LogP contribution is -2.39. The highest BCUT2D eigenvalue weighted by atomic mass is 35.5. The maximum absolute atomic E-state index is 12.2. The normalized spacial score (nSPS) is 10.7. The number of carbonyl (C=O) groups is 2. The van der Waals surface area contributed by atoms with Gasteiger partial charge in [-0.1, -0.05) is 11.6 Å². The number of benzene rings is 1. The number of rotatable bonds is 8. The number of thioether (sulfide) groups is 1. The van der Waals surface area contributed by atoms with Gasteiger partial charge < -0.3 is 10.0 Å². The molecule has 4 nitrogen and oxygen atoms in total. The number of amides is 1. The van der Waals surface area contributed by atoms with Crippen molar-refractivity contribution in [1.82, 2.24) is 4.90 Å².